The largest absolute Gasteiger partial charge is 0.454 e. The van der Waals surface area contributed by atoms with Gasteiger partial charge in [0.15, 0.2) is 23.9 Å². The van der Waals surface area contributed by atoms with Crippen LogP contribution in [0.15, 0.2) is 42.5 Å². The van der Waals surface area contributed by atoms with Gasteiger partial charge in [0, 0.05) is 11.6 Å². The van der Waals surface area contributed by atoms with Crippen LogP contribution in [-0.4, -0.2) is 25.2 Å². The Morgan fingerprint density at radius 2 is 1.78 bits per heavy atom. The zero-order chi connectivity index (χ0) is 18.6. The molecule has 27 heavy (non-hydrogen) atoms. The number of fused-ring (bicyclic) bond motifs is 2. The van der Waals surface area contributed by atoms with Crippen LogP contribution in [0.3, 0.4) is 0 Å². The summed E-state index contributed by atoms with van der Waals surface area (Å²) in [5, 5.41) is 0. The number of ketones is 1. The van der Waals surface area contributed by atoms with Gasteiger partial charge < -0.3 is 14.2 Å². The average Bonchev–Trinajstić information content (AvgIpc) is 3.18. The molecule has 0 N–H and O–H groups in total. The highest BCUT2D eigenvalue weighted by molar-refractivity contribution is 5.99. The van der Waals surface area contributed by atoms with Gasteiger partial charge in [-0.3, -0.25) is 4.79 Å². The molecule has 5 nitrogen and oxygen atoms in total. The number of esters is 1. The first-order valence-electron chi connectivity index (χ1n) is 9.08. The summed E-state index contributed by atoms with van der Waals surface area (Å²) in [6.45, 7) is -0.0571. The van der Waals surface area contributed by atoms with Crippen molar-refractivity contribution in [2.75, 3.05) is 13.4 Å². The van der Waals surface area contributed by atoms with Crippen LogP contribution < -0.4 is 9.47 Å². The number of rotatable bonds is 5. The topological polar surface area (TPSA) is 61.8 Å². The van der Waals surface area contributed by atoms with Crippen LogP contribution in [0.2, 0.25) is 0 Å². The molecule has 138 valence electrons. The van der Waals surface area contributed by atoms with Gasteiger partial charge in [0.25, 0.3) is 0 Å². The fourth-order valence-corrected chi connectivity index (χ4v) is 3.36. The smallest absolute Gasteiger partial charge is 0.331 e. The van der Waals surface area contributed by atoms with E-state index in [1.165, 1.54) is 23.6 Å². The number of benzene rings is 2. The molecule has 5 heteroatoms. The highest BCUT2D eigenvalue weighted by Crippen LogP contribution is 2.32. The molecule has 0 bridgehead atoms. The van der Waals surface area contributed by atoms with E-state index in [1.807, 2.05) is 24.3 Å². The Labute approximate surface area is 157 Å². The van der Waals surface area contributed by atoms with E-state index < -0.39 is 5.97 Å². The molecule has 1 heterocycles. The predicted octanol–water partition coefficient (Wildman–Crippen LogP) is 3.73. The van der Waals surface area contributed by atoms with Crippen molar-refractivity contribution in [1.29, 1.82) is 0 Å². The molecule has 2 aliphatic rings. The first kappa shape index (κ1) is 17.3. The van der Waals surface area contributed by atoms with E-state index in [2.05, 4.69) is 0 Å². The summed E-state index contributed by atoms with van der Waals surface area (Å²) in [7, 11) is 0. The molecule has 2 aromatic carbocycles. The van der Waals surface area contributed by atoms with Gasteiger partial charge in [0.2, 0.25) is 6.79 Å². The highest BCUT2D eigenvalue weighted by atomic mass is 16.7. The standard InChI is InChI=1S/C22H20O5/c23-19(18-8-7-16-3-1-2-4-17(16)12-18)13-25-22(24)10-6-15-5-9-20-21(11-15)27-14-26-20/h5-12H,1-4,13-14H2/b10-6+. The van der Waals surface area contributed by atoms with E-state index in [4.69, 9.17) is 14.2 Å². The molecule has 0 spiro atoms. The zero-order valence-electron chi connectivity index (χ0n) is 14.9. The van der Waals surface area contributed by atoms with Gasteiger partial charge in [-0.15, -0.1) is 0 Å². The molecular formula is C22H20O5. The number of carbonyl (C=O) groups is 2. The molecule has 0 aromatic heterocycles. The molecule has 0 amide bonds. The van der Waals surface area contributed by atoms with E-state index in [0.29, 0.717) is 17.1 Å². The summed E-state index contributed by atoms with van der Waals surface area (Å²) in [5.41, 5.74) is 3.95. The van der Waals surface area contributed by atoms with Gasteiger partial charge in [-0.05, 0) is 66.6 Å². The lowest BCUT2D eigenvalue weighted by Gasteiger charge is -2.16. The fraction of sp³-hybridized carbons (Fsp3) is 0.273. The van der Waals surface area contributed by atoms with E-state index in [-0.39, 0.29) is 19.2 Å². The Hall–Kier alpha value is -3.08. The van der Waals surface area contributed by atoms with Gasteiger partial charge in [-0.25, -0.2) is 4.79 Å². The maximum absolute atomic E-state index is 12.3. The summed E-state index contributed by atoms with van der Waals surface area (Å²) in [6, 6.07) is 11.2. The molecule has 0 unspecified atom stereocenters. The molecule has 4 rings (SSSR count). The Morgan fingerprint density at radius 1 is 0.963 bits per heavy atom. The quantitative estimate of drug-likeness (QED) is 0.460. The van der Waals surface area contributed by atoms with Crippen molar-refractivity contribution in [2.45, 2.75) is 25.7 Å². The van der Waals surface area contributed by atoms with Crippen molar-refractivity contribution >= 4 is 17.8 Å². The van der Waals surface area contributed by atoms with Gasteiger partial charge in [0.1, 0.15) is 0 Å². The maximum Gasteiger partial charge on any atom is 0.331 e. The van der Waals surface area contributed by atoms with Crippen molar-refractivity contribution in [1.82, 2.24) is 0 Å². The Kier molecular flexibility index (Phi) is 4.92. The zero-order valence-corrected chi connectivity index (χ0v) is 14.9. The minimum Gasteiger partial charge on any atom is -0.454 e. The lowest BCUT2D eigenvalue weighted by Crippen LogP contribution is -2.13. The minimum atomic E-state index is -0.557. The van der Waals surface area contributed by atoms with Crippen LogP contribution in [0.25, 0.3) is 6.08 Å². The van der Waals surface area contributed by atoms with Crippen LogP contribution in [0.1, 0.15) is 39.9 Å². The molecule has 0 radical (unpaired) electrons. The normalized spacial score (nSPS) is 14.8. The molecule has 0 saturated carbocycles. The van der Waals surface area contributed by atoms with Crippen LogP contribution >= 0.6 is 0 Å². The lowest BCUT2D eigenvalue weighted by molar-refractivity contribution is -0.136. The third-order valence-electron chi connectivity index (χ3n) is 4.82. The molecular weight excluding hydrogens is 344 g/mol. The summed E-state index contributed by atoms with van der Waals surface area (Å²) in [6.07, 6.45) is 7.36. The second-order valence-electron chi connectivity index (χ2n) is 6.67. The molecule has 2 aromatic rings. The predicted molar refractivity (Wildman–Crippen MR) is 100.0 cm³/mol. The van der Waals surface area contributed by atoms with E-state index in [1.54, 1.807) is 18.2 Å². The average molecular weight is 364 g/mol. The maximum atomic E-state index is 12.3. The molecule has 0 atom stereocenters. The van der Waals surface area contributed by atoms with Crippen molar-refractivity contribution in [3.63, 3.8) is 0 Å². The molecule has 0 fully saturated rings. The van der Waals surface area contributed by atoms with E-state index in [9.17, 15) is 9.59 Å². The third-order valence-corrected chi connectivity index (χ3v) is 4.82. The molecule has 1 aliphatic carbocycles. The van der Waals surface area contributed by atoms with Crippen LogP contribution in [0.5, 0.6) is 11.5 Å². The van der Waals surface area contributed by atoms with Gasteiger partial charge >= 0.3 is 5.97 Å². The number of aryl methyl sites for hydroxylation is 2. The van der Waals surface area contributed by atoms with Crippen LogP contribution in [0, 0.1) is 0 Å². The second-order valence-corrected chi connectivity index (χ2v) is 6.67. The van der Waals surface area contributed by atoms with Gasteiger partial charge in [-0.1, -0.05) is 18.2 Å². The van der Waals surface area contributed by atoms with Gasteiger partial charge in [-0.2, -0.15) is 0 Å². The van der Waals surface area contributed by atoms with Crippen molar-refractivity contribution in [3.8, 4) is 11.5 Å². The highest BCUT2D eigenvalue weighted by Gasteiger charge is 2.14. The van der Waals surface area contributed by atoms with Crippen molar-refractivity contribution < 1.29 is 23.8 Å². The lowest BCUT2D eigenvalue weighted by atomic mass is 9.90. The van der Waals surface area contributed by atoms with Crippen LogP contribution in [-0.2, 0) is 22.4 Å². The van der Waals surface area contributed by atoms with E-state index in [0.717, 1.165) is 24.8 Å². The first-order valence-corrected chi connectivity index (χ1v) is 9.08. The number of ether oxygens (including phenoxy) is 3. The SMILES string of the molecule is O=C(/C=C/c1ccc2c(c1)OCO2)OCC(=O)c1ccc2c(c1)CCCC2. The van der Waals surface area contributed by atoms with Crippen molar-refractivity contribution in [3.05, 3.63) is 64.7 Å². The molecule has 0 saturated heterocycles. The third kappa shape index (κ3) is 4.03. The Morgan fingerprint density at radius 3 is 2.67 bits per heavy atom. The minimum absolute atomic E-state index is 0.187. The second kappa shape index (κ2) is 7.66. The summed E-state index contributed by atoms with van der Waals surface area (Å²) < 4.78 is 15.6. The Balaban J connectivity index is 1.33. The number of hydrogen-bond donors (Lipinski definition) is 0. The number of carbonyl (C=O) groups excluding carboxylic acids is 2. The Bertz CT molecular complexity index is 913. The van der Waals surface area contributed by atoms with E-state index >= 15 is 0 Å². The van der Waals surface area contributed by atoms with Crippen molar-refractivity contribution in [2.24, 2.45) is 0 Å². The fourth-order valence-electron chi connectivity index (χ4n) is 3.36. The van der Waals surface area contributed by atoms with Crippen LogP contribution in [0.4, 0.5) is 0 Å². The van der Waals surface area contributed by atoms with Gasteiger partial charge in [0.05, 0.1) is 0 Å². The summed E-state index contributed by atoms with van der Waals surface area (Å²) >= 11 is 0. The monoisotopic (exact) mass is 364 g/mol. The number of hydrogen-bond acceptors (Lipinski definition) is 5. The number of Topliss-reactive ketones (excluding diaryl/α,β-unsaturated/α-hetero) is 1. The summed E-state index contributed by atoms with van der Waals surface area (Å²) in [5.74, 6) is 0.589. The molecule has 1 aliphatic heterocycles. The summed E-state index contributed by atoms with van der Waals surface area (Å²) in [4.78, 5) is 24.2. The first-order chi connectivity index (χ1) is 13.2.